The van der Waals surface area contributed by atoms with E-state index in [9.17, 15) is 5.11 Å². The highest BCUT2D eigenvalue weighted by molar-refractivity contribution is 5.40. The van der Waals surface area contributed by atoms with E-state index in [0.717, 1.165) is 19.5 Å². The van der Waals surface area contributed by atoms with Gasteiger partial charge in [-0.3, -0.25) is 4.90 Å². The Morgan fingerprint density at radius 2 is 2.29 bits per heavy atom. The summed E-state index contributed by atoms with van der Waals surface area (Å²) in [6, 6.07) is 6.54. The van der Waals surface area contributed by atoms with Crippen LogP contribution in [-0.4, -0.2) is 29.1 Å². The quantitative estimate of drug-likeness (QED) is 0.788. The van der Waals surface area contributed by atoms with Gasteiger partial charge < -0.3 is 5.11 Å². The molecule has 0 radical (unpaired) electrons. The van der Waals surface area contributed by atoms with E-state index in [-0.39, 0.29) is 0 Å². The molecule has 2 atom stereocenters. The van der Waals surface area contributed by atoms with E-state index in [1.165, 1.54) is 24.0 Å². The highest BCUT2D eigenvalue weighted by Gasteiger charge is 2.37. The second-order valence-electron chi connectivity index (χ2n) is 5.17. The molecule has 0 spiro atoms. The molecule has 90 valence electrons. The Morgan fingerprint density at radius 1 is 1.41 bits per heavy atom. The maximum atomic E-state index is 9.65. The van der Waals surface area contributed by atoms with Gasteiger partial charge in [-0.05, 0) is 49.1 Å². The molecular formula is C15H19NO. The van der Waals surface area contributed by atoms with Crippen LogP contribution in [0.25, 0.3) is 0 Å². The van der Waals surface area contributed by atoms with Crippen molar-refractivity contribution >= 4 is 0 Å². The van der Waals surface area contributed by atoms with Crippen molar-refractivity contribution < 1.29 is 5.11 Å². The number of hydrogen-bond acceptors (Lipinski definition) is 2. The van der Waals surface area contributed by atoms with Gasteiger partial charge in [-0.2, -0.15) is 0 Å². The van der Waals surface area contributed by atoms with Gasteiger partial charge in [-0.15, -0.1) is 6.58 Å². The molecule has 2 aliphatic rings. The van der Waals surface area contributed by atoms with Gasteiger partial charge in [-0.1, -0.05) is 12.1 Å². The summed E-state index contributed by atoms with van der Waals surface area (Å²) in [6.45, 7) is 6.00. The molecule has 1 saturated heterocycles. The molecule has 1 aromatic rings. The second kappa shape index (κ2) is 4.19. The Bertz CT molecular complexity index is 441. The normalized spacial score (nSPS) is 27.5. The molecular weight excluding hydrogens is 210 g/mol. The van der Waals surface area contributed by atoms with Crippen LogP contribution in [0.3, 0.4) is 0 Å². The van der Waals surface area contributed by atoms with Crippen LogP contribution in [0.1, 0.15) is 29.9 Å². The topological polar surface area (TPSA) is 23.5 Å². The summed E-state index contributed by atoms with van der Waals surface area (Å²) in [5, 5.41) is 9.65. The van der Waals surface area contributed by atoms with E-state index in [4.69, 9.17) is 0 Å². The van der Waals surface area contributed by atoms with Crippen LogP contribution in [-0.2, 0) is 6.42 Å². The first-order valence-electron chi connectivity index (χ1n) is 6.46. The van der Waals surface area contributed by atoms with E-state index in [2.05, 4.69) is 17.5 Å². The number of aromatic hydroxyl groups is 1. The van der Waals surface area contributed by atoms with Crippen molar-refractivity contribution in [3.63, 3.8) is 0 Å². The minimum Gasteiger partial charge on any atom is -0.508 e. The van der Waals surface area contributed by atoms with Crippen molar-refractivity contribution in [3.8, 4) is 5.75 Å². The number of aryl methyl sites for hydroxylation is 1. The molecule has 0 amide bonds. The molecule has 2 nitrogen and oxygen atoms in total. The molecule has 0 unspecified atom stereocenters. The highest BCUT2D eigenvalue weighted by Crippen LogP contribution is 2.42. The molecule has 17 heavy (non-hydrogen) atoms. The van der Waals surface area contributed by atoms with Gasteiger partial charge in [0.15, 0.2) is 0 Å². The van der Waals surface area contributed by atoms with Crippen LogP contribution in [0.15, 0.2) is 30.9 Å². The number of fused-ring (bicyclic) bond motifs is 3. The summed E-state index contributed by atoms with van der Waals surface area (Å²) in [5.41, 5.74) is 2.82. The lowest BCUT2D eigenvalue weighted by Gasteiger charge is -2.33. The van der Waals surface area contributed by atoms with E-state index in [1.807, 2.05) is 18.2 Å². The average Bonchev–Trinajstić information content (AvgIpc) is 2.73. The molecule has 1 fully saturated rings. The van der Waals surface area contributed by atoms with Gasteiger partial charge in [-0.25, -0.2) is 0 Å². The third-order valence-electron chi connectivity index (χ3n) is 4.26. The van der Waals surface area contributed by atoms with Crippen LogP contribution in [0, 0.1) is 0 Å². The number of likely N-dealkylation sites (tertiary alicyclic amines) is 1. The molecule has 0 bridgehead atoms. The van der Waals surface area contributed by atoms with Crippen LogP contribution >= 0.6 is 0 Å². The number of phenolic OH excluding ortho intramolecular Hbond substituents is 1. The fraction of sp³-hybridized carbons (Fsp3) is 0.467. The monoisotopic (exact) mass is 229 g/mol. The number of rotatable bonds is 2. The van der Waals surface area contributed by atoms with E-state index >= 15 is 0 Å². The van der Waals surface area contributed by atoms with Crippen molar-refractivity contribution in [3.05, 3.63) is 42.0 Å². The second-order valence-corrected chi connectivity index (χ2v) is 5.17. The Labute approximate surface area is 103 Å². The summed E-state index contributed by atoms with van der Waals surface area (Å²) in [7, 11) is 0. The highest BCUT2D eigenvalue weighted by atomic mass is 16.3. The molecule has 0 aromatic heterocycles. The van der Waals surface area contributed by atoms with Crippen LogP contribution in [0.2, 0.25) is 0 Å². The van der Waals surface area contributed by atoms with Crippen molar-refractivity contribution in [2.45, 2.75) is 31.2 Å². The SMILES string of the molecule is C=CCN1CC[C@@H]2c3cc(O)ccc3CC[C@H]21. The first-order chi connectivity index (χ1) is 8.29. The van der Waals surface area contributed by atoms with Gasteiger partial charge in [0.05, 0.1) is 0 Å². The van der Waals surface area contributed by atoms with Gasteiger partial charge in [0.1, 0.15) is 5.75 Å². The zero-order valence-corrected chi connectivity index (χ0v) is 10.1. The minimum absolute atomic E-state index is 0.409. The molecule has 1 aromatic carbocycles. The lowest BCUT2D eigenvalue weighted by Crippen LogP contribution is -2.35. The number of hydrogen-bond donors (Lipinski definition) is 1. The molecule has 3 rings (SSSR count). The Balaban J connectivity index is 1.92. The largest absolute Gasteiger partial charge is 0.508 e. The Kier molecular flexibility index (Phi) is 2.67. The summed E-state index contributed by atoms with van der Waals surface area (Å²) >= 11 is 0. The lowest BCUT2D eigenvalue weighted by atomic mass is 9.79. The number of benzene rings is 1. The van der Waals surface area contributed by atoms with Gasteiger partial charge in [0, 0.05) is 18.5 Å². The predicted molar refractivity (Wildman–Crippen MR) is 69.3 cm³/mol. The zero-order valence-electron chi connectivity index (χ0n) is 10.1. The number of phenols is 1. The maximum absolute atomic E-state index is 9.65. The molecule has 2 heteroatoms. The molecule has 0 saturated carbocycles. The Morgan fingerprint density at radius 3 is 3.12 bits per heavy atom. The summed E-state index contributed by atoms with van der Waals surface area (Å²) < 4.78 is 0. The fourth-order valence-corrected chi connectivity index (χ4v) is 3.52. The minimum atomic E-state index is 0.409. The van der Waals surface area contributed by atoms with Crippen molar-refractivity contribution in [2.75, 3.05) is 13.1 Å². The maximum Gasteiger partial charge on any atom is 0.115 e. The molecule has 1 heterocycles. The van der Waals surface area contributed by atoms with E-state index in [0.29, 0.717) is 17.7 Å². The van der Waals surface area contributed by atoms with Crippen molar-refractivity contribution in [1.82, 2.24) is 4.90 Å². The molecule has 1 aliphatic carbocycles. The van der Waals surface area contributed by atoms with Crippen LogP contribution < -0.4 is 0 Å². The van der Waals surface area contributed by atoms with Crippen LogP contribution in [0.5, 0.6) is 5.75 Å². The van der Waals surface area contributed by atoms with Gasteiger partial charge in [0.2, 0.25) is 0 Å². The molecule has 1 aliphatic heterocycles. The standard InChI is InChI=1S/C15H19NO/c1-2-8-16-9-7-13-14-10-12(17)5-3-11(14)4-6-15(13)16/h2-3,5,10,13,15,17H,1,4,6-9H2/t13-,15-/m1/s1. The smallest absolute Gasteiger partial charge is 0.115 e. The first kappa shape index (κ1) is 10.8. The lowest BCUT2D eigenvalue weighted by molar-refractivity contribution is 0.249. The van der Waals surface area contributed by atoms with Crippen molar-refractivity contribution in [2.24, 2.45) is 0 Å². The van der Waals surface area contributed by atoms with Crippen molar-refractivity contribution in [1.29, 1.82) is 0 Å². The average molecular weight is 229 g/mol. The number of nitrogens with zero attached hydrogens (tertiary/aromatic N) is 1. The fourth-order valence-electron chi connectivity index (χ4n) is 3.52. The van der Waals surface area contributed by atoms with Gasteiger partial charge in [0.25, 0.3) is 0 Å². The third kappa shape index (κ3) is 1.77. The summed E-state index contributed by atoms with van der Waals surface area (Å²) in [4.78, 5) is 2.53. The van der Waals surface area contributed by atoms with E-state index < -0.39 is 0 Å². The summed E-state index contributed by atoms with van der Waals surface area (Å²) in [6.07, 6.45) is 5.61. The zero-order chi connectivity index (χ0) is 11.8. The third-order valence-corrected chi connectivity index (χ3v) is 4.26. The first-order valence-corrected chi connectivity index (χ1v) is 6.46. The molecule has 1 N–H and O–H groups in total. The van der Waals surface area contributed by atoms with Crippen LogP contribution in [0.4, 0.5) is 0 Å². The van der Waals surface area contributed by atoms with E-state index in [1.54, 1.807) is 0 Å². The van der Waals surface area contributed by atoms with Gasteiger partial charge >= 0.3 is 0 Å². The summed E-state index contributed by atoms with van der Waals surface area (Å²) in [5.74, 6) is 1.03. The predicted octanol–water partition coefficient (Wildman–Crippen LogP) is 2.68. The Hall–Kier alpha value is -1.28.